The largest absolute Gasteiger partial charge is 0.476 e. The van der Waals surface area contributed by atoms with Crippen LogP contribution in [0.4, 0.5) is 5.69 Å². The van der Waals surface area contributed by atoms with E-state index in [9.17, 15) is 13.2 Å². The fourth-order valence-corrected chi connectivity index (χ4v) is 3.25. The maximum absolute atomic E-state index is 12.4. The predicted octanol–water partition coefficient (Wildman–Crippen LogP) is 2.20. The van der Waals surface area contributed by atoms with Crippen molar-refractivity contribution >= 4 is 21.7 Å². The van der Waals surface area contributed by atoms with Gasteiger partial charge in [0.15, 0.2) is 5.69 Å². The molecule has 2 aromatic rings. The Morgan fingerprint density at radius 1 is 1.24 bits per heavy atom. The first-order chi connectivity index (χ1) is 9.81. The lowest BCUT2D eigenvalue weighted by Gasteiger charge is -2.12. The zero-order valence-electron chi connectivity index (χ0n) is 11.5. The van der Waals surface area contributed by atoms with Crippen LogP contribution in [0.1, 0.15) is 21.6 Å². The molecule has 6 nitrogen and oxygen atoms in total. The first-order valence-corrected chi connectivity index (χ1v) is 7.58. The molecule has 110 valence electrons. The minimum absolute atomic E-state index is 0.0640. The molecule has 0 aliphatic carbocycles. The van der Waals surface area contributed by atoms with E-state index in [4.69, 9.17) is 5.11 Å². The fourth-order valence-electron chi connectivity index (χ4n) is 1.85. The molecule has 0 amide bonds. The number of nitrogens with zero attached hydrogens (tertiary/aromatic N) is 1. The summed E-state index contributed by atoms with van der Waals surface area (Å²) in [6.07, 6.45) is 1.29. The molecule has 0 aliphatic rings. The summed E-state index contributed by atoms with van der Waals surface area (Å²) in [5, 5.41) is 9.03. The van der Waals surface area contributed by atoms with Gasteiger partial charge in [0.25, 0.3) is 10.0 Å². The van der Waals surface area contributed by atoms with Crippen LogP contribution in [0.3, 0.4) is 0 Å². The number of carboxylic acids is 1. The first-order valence-electron chi connectivity index (χ1n) is 6.09. The van der Waals surface area contributed by atoms with E-state index in [0.717, 1.165) is 5.56 Å². The summed E-state index contributed by atoms with van der Waals surface area (Å²) in [6.45, 7) is 3.46. The predicted molar refractivity (Wildman–Crippen MR) is 77.9 cm³/mol. The first kappa shape index (κ1) is 15.0. The van der Waals surface area contributed by atoms with Crippen LogP contribution in [-0.2, 0) is 10.0 Å². The van der Waals surface area contributed by atoms with Gasteiger partial charge in [-0.2, -0.15) is 0 Å². The Morgan fingerprint density at radius 2 is 1.95 bits per heavy atom. The number of hydrogen-bond acceptors (Lipinski definition) is 4. The van der Waals surface area contributed by atoms with E-state index in [0.29, 0.717) is 5.56 Å². The lowest BCUT2D eigenvalue weighted by molar-refractivity contribution is 0.0692. The van der Waals surface area contributed by atoms with Crippen LogP contribution in [-0.4, -0.2) is 24.5 Å². The minimum atomic E-state index is -3.88. The Morgan fingerprint density at radius 3 is 2.62 bits per heavy atom. The number of pyridine rings is 1. The number of hydrogen-bond donors (Lipinski definition) is 2. The second-order valence-electron chi connectivity index (χ2n) is 4.58. The van der Waals surface area contributed by atoms with Gasteiger partial charge in [-0.15, -0.1) is 0 Å². The van der Waals surface area contributed by atoms with E-state index >= 15 is 0 Å². The molecule has 0 saturated heterocycles. The smallest absolute Gasteiger partial charge is 0.356 e. The monoisotopic (exact) mass is 306 g/mol. The Kier molecular flexibility index (Phi) is 3.95. The van der Waals surface area contributed by atoms with Gasteiger partial charge in [0, 0.05) is 6.20 Å². The van der Waals surface area contributed by atoms with Crippen molar-refractivity contribution in [2.24, 2.45) is 0 Å². The van der Waals surface area contributed by atoms with Gasteiger partial charge >= 0.3 is 5.97 Å². The van der Waals surface area contributed by atoms with Crippen LogP contribution >= 0.6 is 0 Å². The molecule has 21 heavy (non-hydrogen) atoms. The van der Waals surface area contributed by atoms with Gasteiger partial charge in [0.05, 0.1) is 10.6 Å². The summed E-state index contributed by atoms with van der Waals surface area (Å²) in [4.78, 5) is 14.9. The Balaban J connectivity index is 2.48. The SMILES string of the molecule is Cc1ccc(C)c(S(=O)(=O)Nc2cccnc2C(=O)O)c1. The average molecular weight is 306 g/mol. The molecule has 0 fully saturated rings. The molecule has 0 saturated carbocycles. The lowest BCUT2D eigenvalue weighted by atomic mass is 10.2. The van der Waals surface area contributed by atoms with Crippen LogP contribution in [0.15, 0.2) is 41.4 Å². The number of carbonyl (C=O) groups is 1. The normalized spacial score (nSPS) is 11.1. The van der Waals surface area contributed by atoms with Crippen molar-refractivity contribution in [3.8, 4) is 0 Å². The highest BCUT2D eigenvalue weighted by molar-refractivity contribution is 7.92. The van der Waals surface area contributed by atoms with Gasteiger partial charge in [-0.1, -0.05) is 12.1 Å². The zero-order chi connectivity index (χ0) is 15.6. The van der Waals surface area contributed by atoms with Crippen molar-refractivity contribution in [2.75, 3.05) is 4.72 Å². The van der Waals surface area contributed by atoms with E-state index in [1.54, 1.807) is 26.0 Å². The number of aryl methyl sites for hydroxylation is 2. The highest BCUT2D eigenvalue weighted by atomic mass is 32.2. The van der Waals surface area contributed by atoms with Crippen molar-refractivity contribution in [1.82, 2.24) is 4.98 Å². The third-order valence-corrected chi connectivity index (χ3v) is 4.40. The van der Waals surface area contributed by atoms with Crippen molar-refractivity contribution in [2.45, 2.75) is 18.7 Å². The highest BCUT2D eigenvalue weighted by Gasteiger charge is 2.20. The average Bonchev–Trinajstić information content (AvgIpc) is 2.41. The van der Waals surface area contributed by atoms with E-state index in [2.05, 4.69) is 9.71 Å². The molecule has 1 aromatic heterocycles. The molecule has 0 radical (unpaired) electrons. The van der Waals surface area contributed by atoms with E-state index in [1.807, 2.05) is 0 Å². The number of anilines is 1. The molecular formula is C14H14N2O4S. The molecule has 0 bridgehead atoms. The molecule has 7 heteroatoms. The Bertz CT molecular complexity index is 800. The van der Waals surface area contributed by atoms with Crippen LogP contribution in [0.25, 0.3) is 0 Å². The topological polar surface area (TPSA) is 96.4 Å². The maximum atomic E-state index is 12.4. The van der Waals surface area contributed by atoms with Crippen LogP contribution in [0.5, 0.6) is 0 Å². The minimum Gasteiger partial charge on any atom is -0.476 e. The summed E-state index contributed by atoms with van der Waals surface area (Å²) < 4.78 is 27.1. The number of carboxylic acid groups (broad SMARTS) is 1. The van der Waals surface area contributed by atoms with Gasteiger partial charge in [0.2, 0.25) is 0 Å². The van der Waals surface area contributed by atoms with Crippen LogP contribution < -0.4 is 4.72 Å². The lowest BCUT2D eigenvalue weighted by Crippen LogP contribution is -2.17. The number of benzene rings is 1. The third-order valence-electron chi connectivity index (χ3n) is 2.89. The fraction of sp³-hybridized carbons (Fsp3) is 0.143. The molecule has 0 spiro atoms. The van der Waals surface area contributed by atoms with E-state index in [1.165, 1.54) is 24.4 Å². The van der Waals surface area contributed by atoms with Gasteiger partial charge in [-0.3, -0.25) is 4.72 Å². The zero-order valence-corrected chi connectivity index (χ0v) is 12.3. The maximum Gasteiger partial charge on any atom is 0.356 e. The van der Waals surface area contributed by atoms with Crippen molar-refractivity contribution in [3.05, 3.63) is 53.3 Å². The Labute approximate surface area is 122 Å². The standard InChI is InChI=1S/C14H14N2O4S/c1-9-5-6-10(2)12(8-9)21(19,20)16-11-4-3-7-15-13(11)14(17)18/h3-8,16H,1-2H3,(H,17,18). The summed E-state index contributed by atoms with van der Waals surface area (Å²) in [5.41, 5.74) is 0.969. The van der Waals surface area contributed by atoms with E-state index < -0.39 is 16.0 Å². The summed E-state index contributed by atoms with van der Waals surface area (Å²) in [5.74, 6) is -1.30. The molecule has 2 N–H and O–H groups in total. The van der Waals surface area contributed by atoms with Crippen LogP contribution in [0.2, 0.25) is 0 Å². The number of rotatable bonds is 4. The van der Waals surface area contributed by atoms with Gasteiger partial charge in [0.1, 0.15) is 0 Å². The number of nitrogens with one attached hydrogen (secondary N) is 1. The number of sulfonamides is 1. The quantitative estimate of drug-likeness (QED) is 0.902. The molecule has 0 unspecified atom stereocenters. The number of aromatic nitrogens is 1. The highest BCUT2D eigenvalue weighted by Crippen LogP contribution is 2.22. The van der Waals surface area contributed by atoms with Gasteiger partial charge < -0.3 is 5.11 Å². The third kappa shape index (κ3) is 3.19. The van der Waals surface area contributed by atoms with Crippen LogP contribution in [0, 0.1) is 13.8 Å². The van der Waals surface area contributed by atoms with Gasteiger partial charge in [-0.25, -0.2) is 18.2 Å². The summed E-state index contributed by atoms with van der Waals surface area (Å²) in [7, 11) is -3.88. The van der Waals surface area contributed by atoms with Crippen molar-refractivity contribution in [1.29, 1.82) is 0 Å². The molecule has 1 aromatic carbocycles. The second kappa shape index (κ2) is 5.53. The van der Waals surface area contributed by atoms with Crippen molar-refractivity contribution < 1.29 is 18.3 Å². The van der Waals surface area contributed by atoms with Crippen molar-refractivity contribution in [3.63, 3.8) is 0 Å². The molecule has 0 atom stereocenters. The second-order valence-corrected chi connectivity index (χ2v) is 6.23. The molecular weight excluding hydrogens is 292 g/mol. The number of aromatic carboxylic acids is 1. The summed E-state index contributed by atoms with van der Waals surface area (Å²) >= 11 is 0. The van der Waals surface area contributed by atoms with Gasteiger partial charge in [-0.05, 0) is 43.2 Å². The molecule has 0 aliphatic heterocycles. The van der Waals surface area contributed by atoms with E-state index in [-0.39, 0.29) is 16.3 Å². The summed E-state index contributed by atoms with van der Waals surface area (Å²) in [6, 6.07) is 7.87. The molecule has 2 rings (SSSR count). The molecule has 1 heterocycles. The Hall–Kier alpha value is -2.41.